The number of rotatable bonds is 9. The van der Waals surface area contributed by atoms with E-state index in [-0.39, 0.29) is 60.6 Å². The lowest BCUT2D eigenvalue weighted by molar-refractivity contribution is -0.126. The average Bonchev–Trinajstić information content (AvgIpc) is 3.95. The first-order valence-corrected chi connectivity index (χ1v) is 26.3. The maximum atomic E-state index is 13.4. The van der Waals surface area contributed by atoms with E-state index in [4.69, 9.17) is 14.5 Å². The molecule has 14 unspecified atom stereocenters. The lowest BCUT2D eigenvalue weighted by Gasteiger charge is -2.49. The van der Waals surface area contributed by atoms with Crippen LogP contribution in [0.5, 0.6) is 0 Å². The first kappa shape index (κ1) is 45.8. The summed E-state index contributed by atoms with van der Waals surface area (Å²) in [6.07, 6.45) is 17.3. The summed E-state index contributed by atoms with van der Waals surface area (Å²) in [5.74, 6) is 3.27. The van der Waals surface area contributed by atoms with Gasteiger partial charge < -0.3 is 19.7 Å². The normalized spacial score (nSPS) is 45.6. The SMILES string of the molecule is COC1CC(OC2CCC(NC(=O)C3CCC(N4CCC5(CCN(C6CCC(C7=N[C@@H](C)C8NNC(C)N8C8SC(C)C(C)C78)CC6C(C)C)CC5)C4)NN3)CC2)CCC1C#N. The topological polar surface area (TPSA) is 142 Å². The highest BCUT2D eigenvalue weighted by Gasteiger charge is 2.54. The van der Waals surface area contributed by atoms with E-state index in [1.54, 1.807) is 12.8 Å². The van der Waals surface area contributed by atoms with Gasteiger partial charge in [-0.2, -0.15) is 5.26 Å². The number of hydrogen-bond donors (Lipinski definition) is 5. The predicted molar refractivity (Wildman–Crippen MR) is 247 cm³/mol. The number of nitrogens with one attached hydrogen (secondary N) is 5. The van der Waals surface area contributed by atoms with E-state index < -0.39 is 0 Å². The molecule has 13 nitrogen and oxygen atoms in total. The van der Waals surface area contributed by atoms with Crippen LogP contribution in [0.1, 0.15) is 138 Å². The number of hydrogen-bond acceptors (Lipinski definition) is 13. The molecule has 0 aromatic heterocycles. The van der Waals surface area contributed by atoms with E-state index in [1.165, 1.54) is 58.2 Å². The molecule has 3 aliphatic carbocycles. The van der Waals surface area contributed by atoms with Crippen LogP contribution in [0.3, 0.4) is 0 Å². The number of carbonyl (C=O) groups is 1. The van der Waals surface area contributed by atoms with Crippen molar-refractivity contribution in [2.45, 2.75) is 209 Å². The fourth-order valence-electron chi connectivity index (χ4n) is 14.0. The Morgan fingerprint density at radius 2 is 1.63 bits per heavy atom. The number of piperidine rings is 1. The summed E-state index contributed by atoms with van der Waals surface area (Å²) in [7, 11) is 1.71. The second-order valence-corrected chi connectivity index (χ2v) is 23.5. The second kappa shape index (κ2) is 19.5. The molecule has 5 N–H and O–H groups in total. The molecule has 0 radical (unpaired) electrons. The van der Waals surface area contributed by atoms with Gasteiger partial charge in [0.1, 0.15) is 6.04 Å². The molecule has 15 atom stereocenters. The van der Waals surface area contributed by atoms with Crippen molar-refractivity contribution >= 4 is 23.4 Å². The third kappa shape index (κ3) is 9.31. The number of hydrazine groups is 2. The van der Waals surface area contributed by atoms with Gasteiger partial charge in [0.15, 0.2) is 0 Å². The first-order valence-electron chi connectivity index (χ1n) is 25.3. The van der Waals surface area contributed by atoms with Gasteiger partial charge in [-0.15, -0.1) is 11.8 Å². The van der Waals surface area contributed by atoms with Crippen molar-refractivity contribution in [1.82, 2.24) is 41.7 Å². The van der Waals surface area contributed by atoms with Crippen molar-refractivity contribution < 1.29 is 14.3 Å². The summed E-state index contributed by atoms with van der Waals surface area (Å²) in [6.45, 7) is 19.4. The number of thioether (sulfide) groups is 1. The average molecular weight is 879 g/mol. The summed E-state index contributed by atoms with van der Waals surface area (Å²) >= 11 is 2.20. The number of amides is 1. The van der Waals surface area contributed by atoms with Crippen LogP contribution < -0.4 is 27.0 Å². The van der Waals surface area contributed by atoms with Crippen LogP contribution in [-0.2, 0) is 14.3 Å². The molecule has 0 bridgehead atoms. The molecule has 14 heteroatoms. The predicted octanol–water partition coefficient (Wildman–Crippen LogP) is 5.59. The van der Waals surface area contributed by atoms with Crippen molar-refractivity contribution in [1.29, 1.82) is 5.26 Å². The minimum atomic E-state index is -0.191. The van der Waals surface area contributed by atoms with E-state index in [9.17, 15) is 10.1 Å². The van der Waals surface area contributed by atoms with Crippen LogP contribution in [0.15, 0.2) is 4.99 Å². The lowest BCUT2D eigenvalue weighted by atomic mass is 9.67. The van der Waals surface area contributed by atoms with Crippen LogP contribution in [0.4, 0.5) is 0 Å². The molecule has 0 aromatic carbocycles. The molecule has 1 spiro atoms. The van der Waals surface area contributed by atoms with Gasteiger partial charge in [-0.05, 0) is 146 Å². The fraction of sp³-hybridized carbons (Fsp3) is 0.938. The standard InChI is InChI=1S/C48H82N10O3S/c1-28(2)38-24-33(44-43-29(3)31(5)62-47(43)58-32(6)52-55-45(58)30(4)50-44)9-16-40(38)56-21-18-48(19-22-56)20-23-57(27-48)42-17-15-39(53-54-42)46(59)51-35-10-13-36(14-11-35)61-37-12-8-34(26-49)41(25-37)60-7/h28-43,45,47,52-55H,8-25,27H2,1-7H3,(H,51,59)/t29?,30-,31?,32?,33?,34?,35?,36?,37?,38?,39?,40?,41?,42?,43?,45?,47?/m0/s1. The Morgan fingerprint density at radius 1 is 0.887 bits per heavy atom. The van der Waals surface area contributed by atoms with Crippen molar-refractivity contribution in [2.24, 2.45) is 45.9 Å². The van der Waals surface area contributed by atoms with E-state index in [0.29, 0.717) is 57.8 Å². The highest BCUT2D eigenvalue weighted by Crippen LogP contribution is 2.52. The van der Waals surface area contributed by atoms with Gasteiger partial charge in [0.05, 0.1) is 60.2 Å². The van der Waals surface area contributed by atoms with Crippen molar-refractivity contribution in [3.05, 3.63) is 0 Å². The zero-order chi connectivity index (χ0) is 43.3. The summed E-state index contributed by atoms with van der Waals surface area (Å²) < 4.78 is 12.1. The zero-order valence-electron chi connectivity index (χ0n) is 39.2. The highest BCUT2D eigenvalue weighted by molar-refractivity contribution is 8.00. The van der Waals surface area contributed by atoms with Gasteiger partial charge in [-0.25, -0.2) is 21.7 Å². The molecule has 62 heavy (non-hydrogen) atoms. The fourth-order valence-corrected chi connectivity index (χ4v) is 15.9. The number of aliphatic imine (C=N–C) groups is 1. The molecule has 9 aliphatic rings. The Hall–Kier alpha value is -1.38. The van der Waals surface area contributed by atoms with Gasteiger partial charge in [-0.1, -0.05) is 27.7 Å². The van der Waals surface area contributed by atoms with Crippen LogP contribution in [0.2, 0.25) is 0 Å². The molecule has 6 aliphatic heterocycles. The number of likely N-dealkylation sites (tertiary alicyclic amines) is 2. The van der Waals surface area contributed by atoms with E-state index in [2.05, 4.69) is 101 Å². The molecule has 5 saturated heterocycles. The molecule has 3 saturated carbocycles. The quantitative estimate of drug-likeness (QED) is 0.197. The Balaban J connectivity index is 0.717. The largest absolute Gasteiger partial charge is 0.380 e. The van der Waals surface area contributed by atoms with Crippen molar-refractivity contribution in [2.75, 3.05) is 33.3 Å². The molecule has 348 valence electrons. The Labute approximate surface area is 378 Å². The molecule has 6 heterocycles. The van der Waals surface area contributed by atoms with Gasteiger partial charge in [0.25, 0.3) is 0 Å². The molecule has 1 amide bonds. The summed E-state index contributed by atoms with van der Waals surface area (Å²) in [6, 6.07) is 3.35. The maximum absolute atomic E-state index is 13.4. The number of carbonyl (C=O) groups excluding carboxylic acids is 1. The molecular weight excluding hydrogens is 797 g/mol. The van der Waals surface area contributed by atoms with Gasteiger partial charge in [0, 0.05) is 55.6 Å². The van der Waals surface area contributed by atoms with E-state index in [0.717, 1.165) is 64.3 Å². The lowest BCUT2D eigenvalue weighted by Crippen LogP contribution is -2.62. The minimum absolute atomic E-state index is 0.0251. The number of nitriles is 1. The van der Waals surface area contributed by atoms with Gasteiger partial charge >= 0.3 is 0 Å². The Kier molecular flexibility index (Phi) is 14.4. The summed E-state index contributed by atoms with van der Waals surface area (Å²) in [5, 5.41) is 13.9. The smallest absolute Gasteiger partial charge is 0.238 e. The number of ether oxygens (including phenoxy) is 2. The molecular formula is C48H82N10O3S. The third-order valence-corrected chi connectivity index (χ3v) is 19.8. The third-order valence-electron chi connectivity index (χ3n) is 18.1. The van der Waals surface area contributed by atoms with Crippen LogP contribution in [0, 0.1) is 52.3 Å². The van der Waals surface area contributed by atoms with Gasteiger partial charge in [-0.3, -0.25) is 19.6 Å². The van der Waals surface area contributed by atoms with Crippen LogP contribution in [-0.4, -0.2) is 131 Å². The van der Waals surface area contributed by atoms with E-state index >= 15 is 0 Å². The number of methoxy groups -OCH3 is 1. The number of fused-ring (bicyclic) bond motifs is 3. The molecule has 8 fully saturated rings. The highest BCUT2D eigenvalue weighted by atomic mass is 32.2. The summed E-state index contributed by atoms with van der Waals surface area (Å²) in [5.41, 5.74) is 16.2. The van der Waals surface area contributed by atoms with Crippen molar-refractivity contribution in [3.8, 4) is 6.07 Å². The maximum Gasteiger partial charge on any atom is 0.238 e. The monoisotopic (exact) mass is 879 g/mol. The Bertz CT molecular complexity index is 1610. The first-order chi connectivity index (χ1) is 29.9. The van der Waals surface area contributed by atoms with E-state index in [1.807, 2.05) is 0 Å². The van der Waals surface area contributed by atoms with Crippen molar-refractivity contribution in [3.63, 3.8) is 0 Å². The summed E-state index contributed by atoms with van der Waals surface area (Å²) in [4.78, 5) is 27.4. The zero-order valence-corrected chi connectivity index (χ0v) is 40.0. The molecule has 9 rings (SSSR count). The Morgan fingerprint density at radius 3 is 2.32 bits per heavy atom. The van der Waals surface area contributed by atoms with Crippen LogP contribution in [0.25, 0.3) is 0 Å². The minimum Gasteiger partial charge on any atom is -0.380 e. The second-order valence-electron chi connectivity index (χ2n) is 22.0. The number of nitrogens with zero attached hydrogens (tertiary/aromatic N) is 5. The van der Waals surface area contributed by atoms with Gasteiger partial charge in [0.2, 0.25) is 5.91 Å². The molecule has 0 aromatic rings. The van der Waals surface area contributed by atoms with Crippen LogP contribution >= 0.6 is 11.8 Å².